The molecule has 8 aliphatic rings. The molecule has 0 radical (unpaired) electrons. The molecule has 4 heterocycles. The molecule has 4 aliphatic heterocycles. The number of carbonyl (C=O) groups excluding carboxylic acids is 7. The largest absolute Gasteiger partial charge is 0.488 e. The normalized spacial score (nSPS) is 15.5. The number of hydrogen-bond acceptors (Lipinski definition) is 13. The molecule has 0 N–H and O–H groups in total. The lowest BCUT2D eigenvalue weighted by Gasteiger charge is -2.29. The lowest BCUT2D eigenvalue weighted by Crippen LogP contribution is -2.42. The lowest BCUT2D eigenvalue weighted by molar-refractivity contribution is -0.138. The Morgan fingerprint density at radius 1 is 0.422 bits per heavy atom. The highest BCUT2D eigenvalue weighted by Gasteiger charge is 2.45. The number of terminal acetylenes is 2. The van der Waals surface area contributed by atoms with Gasteiger partial charge in [0.05, 0.1) is 51.6 Å². The van der Waals surface area contributed by atoms with E-state index >= 15 is 0 Å². The molecule has 3 fully saturated rings. The standard InChI is InChI=1S/C29H21NO4.C28H21NO3.C17H19NO4.C12H6O2/c1-2-15-34-22-12-4-3-9-19(22)26-24-20-10-5-7-18-8-6-11-21(23(18)20)25(24)27(28(26)31)29(32)30-13-16-33-17-14-30;30-28(29-11-13-31-14-12-29)22-15-18-16-32-23-10-2-1-7-19(23)25(18)27-21-9-4-6-17-5-3-8-20(24(17)21)26(22)27;1-2-9-22-16-6-4-3-5-14(16)12-15(19)13-17(20)18-7-10-21-11-8-18;13-11-8-5-1-3-7-4-2-6-9(10(7)8)12(11)14/h1,3-12H,13-17H2;1-10,15H,11-14,16H2;1,3-6H,7-13H2;1-6H. The molecule has 3 amide bonds. The number of amides is 3. The van der Waals surface area contributed by atoms with Crippen LogP contribution < -0.4 is 14.2 Å². The van der Waals surface area contributed by atoms with Crippen molar-refractivity contribution in [3.63, 3.8) is 0 Å². The maximum Gasteiger partial charge on any atom is 0.258 e. The number of allylic oxidation sites excluding steroid dienone is 3. The van der Waals surface area contributed by atoms with Crippen LogP contribution in [0, 0.1) is 24.7 Å². The van der Waals surface area contributed by atoms with Gasteiger partial charge in [0.25, 0.3) is 11.8 Å². The van der Waals surface area contributed by atoms with Crippen molar-refractivity contribution in [3.05, 3.63) is 238 Å². The number of carbonyl (C=O) groups is 7. The summed E-state index contributed by atoms with van der Waals surface area (Å²) in [5.41, 5.74) is 15.3. The third kappa shape index (κ3) is 12.1. The Morgan fingerprint density at radius 2 is 0.873 bits per heavy atom. The van der Waals surface area contributed by atoms with Gasteiger partial charge in [-0.15, -0.1) is 12.8 Å². The van der Waals surface area contributed by atoms with E-state index < -0.39 is 0 Å². The first-order chi connectivity index (χ1) is 50.0. The van der Waals surface area contributed by atoms with Crippen molar-refractivity contribution in [3.8, 4) is 75.3 Å². The zero-order chi connectivity index (χ0) is 70.0. The quantitative estimate of drug-likeness (QED) is 0.0516. The molecule has 0 bridgehead atoms. The average Bonchev–Trinajstić information content (AvgIpc) is 1.54. The monoisotopic (exact) mass is 1350 g/mol. The molecule has 16 heteroatoms. The second kappa shape index (κ2) is 28.7. The first kappa shape index (κ1) is 65.9. The summed E-state index contributed by atoms with van der Waals surface area (Å²) in [4.78, 5) is 94.2. The van der Waals surface area contributed by atoms with Crippen LogP contribution in [0.1, 0.15) is 65.3 Å². The van der Waals surface area contributed by atoms with Crippen molar-refractivity contribution in [1.29, 1.82) is 0 Å². The van der Waals surface area contributed by atoms with Gasteiger partial charge in [-0.3, -0.25) is 33.6 Å². The van der Waals surface area contributed by atoms with Crippen molar-refractivity contribution in [2.45, 2.75) is 19.4 Å². The summed E-state index contributed by atoms with van der Waals surface area (Å²) in [6, 6.07) is 60.7. The molecule has 10 aromatic rings. The molecule has 4 aliphatic carbocycles. The number of ether oxygens (including phenoxy) is 6. The summed E-state index contributed by atoms with van der Waals surface area (Å²) < 4.78 is 33.4. The van der Waals surface area contributed by atoms with Crippen LogP contribution in [0.2, 0.25) is 0 Å². The molecule has 504 valence electrons. The average molecular weight is 1350 g/mol. The molecule has 0 saturated carbocycles. The molecule has 10 aromatic carbocycles. The summed E-state index contributed by atoms with van der Waals surface area (Å²) in [7, 11) is 0. The van der Waals surface area contributed by atoms with Gasteiger partial charge in [0.1, 0.15) is 42.9 Å². The molecule has 16 nitrogen and oxygen atoms in total. The van der Waals surface area contributed by atoms with Crippen molar-refractivity contribution in [2.75, 3.05) is 92.1 Å². The number of rotatable bonds is 11. The van der Waals surface area contributed by atoms with Gasteiger partial charge in [-0.05, 0) is 84.6 Å². The first-order valence-electron chi connectivity index (χ1n) is 34.0. The van der Waals surface area contributed by atoms with Crippen molar-refractivity contribution in [1.82, 2.24) is 14.7 Å². The Kier molecular flexibility index (Phi) is 18.5. The van der Waals surface area contributed by atoms with Gasteiger partial charge in [0.15, 0.2) is 0 Å². The van der Waals surface area contributed by atoms with Crippen LogP contribution in [0.3, 0.4) is 0 Å². The summed E-state index contributed by atoms with van der Waals surface area (Å²) in [5.74, 6) is 5.42. The molecule has 102 heavy (non-hydrogen) atoms. The summed E-state index contributed by atoms with van der Waals surface area (Å²) in [5, 5.41) is 6.35. The topological polar surface area (TPSA) is 185 Å². The van der Waals surface area contributed by atoms with Crippen LogP contribution in [-0.2, 0) is 46.4 Å². The third-order valence-corrected chi connectivity index (χ3v) is 19.5. The number of fused-ring (bicyclic) bond motifs is 10. The molecule has 3 saturated heterocycles. The number of Topliss-reactive ketones (excluding diaryl/α,β-unsaturated/α-hetero) is 4. The zero-order valence-electron chi connectivity index (χ0n) is 55.7. The van der Waals surface area contributed by atoms with Gasteiger partial charge in [-0.25, -0.2) is 0 Å². The first-order valence-corrected chi connectivity index (χ1v) is 34.0. The highest BCUT2D eigenvalue weighted by Crippen LogP contribution is 2.58. The zero-order valence-corrected chi connectivity index (χ0v) is 55.7. The lowest BCUT2D eigenvalue weighted by atomic mass is 9.85. The number of benzene rings is 10. The molecule has 18 rings (SSSR count). The third-order valence-electron chi connectivity index (χ3n) is 19.5. The SMILES string of the molecule is C#CCOc1ccccc1C1=C2C(=C(C(=O)N3CCOCC3)C1=O)c1cccc3cccc2c13.C#CCOc1ccccc1CC(=O)CC(=O)N1CCOCC1.O=C(c1cc2c(c3c1-c1cccc4cccc-3c14)-c1ccccc1OC2)N1CCOCC1.O=C1C(=O)c2cccc3cccc1c23. The fraction of sp³-hybridized carbons (Fsp3) is 0.198. The number of ketones is 4. The van der Waals surface area contributed by atoms with Gasteiger partial charge in [0, 0.05) is 112 Å². The Balaban J connectivity index is 0.000000115. The fourth-order valence-electron chi connectivity index (χ4n) is 15.0. The second-order valence-electron chi connectivity index (χ2n) is 25.4. The van der Waals surface area contributed by atoms with Gasteiger partial charge < -0.3 is 43.1 Å². The molecular weight excluding hydrogens is 1280 g/mol. The maximum absolute atomic E-state index is 14.1. The summed E-state index contributed by atoms with van der Waals surface area (Å²) >= 11 is 0. The number of nitrogens with zero attached hydrogens (tertiary/aromatic N) is 3. The van der Waals surface area contributed by atoms with E-state index in [4.69, 9.17) is 41.3 Å². The molecule has 0 unspecified atom stereocenters. The van der Waals surface area contributed by atoms with E-state index in [1.807, 2.05) is 89.8 Å². The Bertz CT molecular complexity index is 5260. The molecular formula is C86H67N3O13. The number of hydrogen-bond donors (Lipinski definition) is 0. The van der Waals surface area contributed by atoms with Crippen molar-refractivity contribution < 1.29 is 62.0 Å². The summed E-state index contributed by atoms with van der Waals surface area (Å²) in [6.07, 6.45) is 10.7. The Morgan fingerprint density at radius 3 is 1.46 bits per heavy atom. The van der Waals surface area contributed by atoms with Crippen LogP contribution in [0.15, 0.2) is 194 Å². The maximum atomic E-state index is 14.1. The van der Waals surface area contributed by atoms with Crippen molar-refractivity contribution >= 4 is 89.9 Å². The minimum Gasteiger partial charge on any atom is -0.488 e. The van der Waals surface area contributed by atoms with E-state index in [0.29, 0.717) is 119 Å². The molecule has 0 atom stereocenters. The van der Waals surface area contributed by atoms with Crippen LogP contribution in [0.25, 0.3) is 82.4 Å². The van der Waals surface area contributed by atoms with Gasteiger partial charge in [-0.1, -0.05) is 176 Å². The van der Waals surface area contributed by atoms with Crippen LogP contribution in [0.5, 0.6) is 17.2 Å². The van der Waals surface area contributed by atoms with Gasteiger partial charge >= 0.3 is 0 Å². The van der Waals surface area contributed by atoms with E-state index in [-0.39, 0.29) is 72.5 Å². The minimum atomic E-state index is -0.378. The predicted molar refractivity (Wildman–Crippen MR) is 390 cm³/mol. The van der Waals surface area contributed by atoms with Gasteiger partial charge in [0.2, 0.25) is 23.3 Å². The number of para-hydroxylation sites is 3. The minimum absolute atomic E-state index is 0.0796. The second-order valence-corrected chi connectivity index (χ2v) is 25.4. The highest BCUT2D eigenvalue weighted by molar-refractivity contribution is 6.57. The van der Waals surface area contributed by atoms with E-state index in [1.165, 1.54) is 27.5 Å². The fourth-order valence-corrected chi connectivity index (χ4v) is 15.0. The van der Waals surface area contributed by atoms with Crippen LogP contribution in [0.4, 0.5) is 0 Å². The Hall–Kier alpha value is -12.1. The number of morpholine rings is 3. The highest BCUT2D eigenvalue weighted by atomic mass is 16.5. The Labute approximate surface area is 588 Å². The smallest absolute Gasteiger partial charge is 0.258 e. The molecule has 0 spiro atoms. The van der Waals surface area contributed by atoms with E-state index in [1.54, 1.807) is 46.2 Å². The van der Waals surface area contributed by atoms with E-state index in [9.17, 15) is 33.6 Å². The van der Waals surface area contributed by atoms with Gasteiger partial charge in [-0.2, -0.15) is 0 Å². The van der Waals surface area contributed by atoms with Crippen LogP contribution in [-0.4, -0.2) is 148 Å². The molecule has 0 aromatic heterocycles. The van der Waals surface area contributed by atoms with E-state index in [2.05, 4.69) is 78.6 Å². The van der Waals surface area contributed by atoms with Crippen molar-refractivity contribution in [2.24, 2.45) is 0 Å². The van der Waals surface area contributed by atoms with Crippen LogP contribution >= 0.6 is 0 Å². The predicted octanol–water partition coefficient (Wildman–Crippen LogP) is 12.8. The summed E-state index contributed by atoms with van der Waals surface area (Å²) in [6.45, 7) is 7.16. The van der Waals surface area contributed by atoms with E-state index in [0.717, 1.165) is 82.9 Å².